The van der Waals surface area contributed by atoms with Gasteiger partial charge in [0.2, 0.25) is 0 Å². The molecule has 0 heterocycles. The van der Waals surface area contributed by atoms with Gasteiger partial charge in [-0.2, -0.15) is 0 Å². The molecule has 2 unspecified atom stereocenters. The van der Waals surface area contributed by atoms with Crippen molar-refractivity contribution in [1.29, 1.82) is 0 Å². The van der Waals surface area contributed by atoms with Gasteiger partial charge in [-0.25, -0.2) is 0 Å². The van der Waals surface area contributed by atoms with Crippen LogP contribution in [0.4, 0.5) is 0 Å². The predicted molar refractivity (Wildman–Crippen MR) is 84.9 cm³/mol. The number of fused-ring (bicyclic) bond motifs is 1. The highest BCUT2D eigenvalue weighted by atomic mass is 16.3. The Balaban J connectivity index is 1.89. The van der Waals surface area contributed by atoms with Crippen LogP contribution in [0.3, 0.4) is 0 Å². The van der Waals surface area contributed by atoms with E-state index in [1.54, 1.807) is 0 Å². The Kier molecular flexibility index (Phi) is 3.80. The number of rotatable bonds is 3. The fraction of sp³-hybridized carbons (Fsp3) is 0.474. The van der Waals surface area contributed by atoms with Crippen LogP contribution in [0.5, 0.6) is 0 Å². The van der Waals surface area contributed by atoms with E-state index in [0.29, 0.717) is 5.92 Å². The Labute approximate surface area is 121 Å². The van der Waals surface area contributed by atoms with Gasteiger partial charge in [-0.1, -0.05) is 68.7 Å². The molecule has 2 aromatic rings. The molecule has 106 valence electrons. The zero-order valence-corrected chi connectivity index (χ0v) is 12.3. The highest BCUT2D eigenvalue weighted by Gasteiger charge is 2.33. The van der Waals surface area contributed by atoms with Crippen molar-refractivity contribution in [3.8, 4) is 0 Å². The van der Waals surface area contributed by atoms with Gasteiger partial charge in [0.15, 0.2) is 0 Å². The zero-order valence-electron chi connectivity index (χ0n) is 12.3. The van der Waals surface area contributed by atoms with E-state index in [1.807, 2.05) is 0 Å². The molecule has 0 saturated heterocycles. The van der Waals surface area contributed by atoms with Gasteiger partial charge in [0, 0.05) is 6.42 Å². The van der Waals surface area contributed by atoms with Crippen molar-refractivity contribution < 1.29 is 5.11 Å². The Hall–Kier alpha value is -1.34. The summed E-state index contributed by atoms with van der Waals surface area (Å²) in [5.41, 5.74) is 0.797. The molecule has 0 aliphatic heterocycles. The van der Waals surface area contributed by atoms with E-state index in [9.17, 15) is 5.11 Å². The summed E-state index contributed by atoms with van der Waals surface area (Å²) in [4.78, 5) is 0. The summed E-state index contributed by atoms with van der Waals surface area (Å²) in [5, 5.41) is 13.6. The topological polar surface area (TPSA) is 20.2 Å². The number of hydrogen-bond donors (Lipinski definition) is 1. The molecule has 1 fully saturated rings. The van der Waals surface area contributed by atoms with Crippen LogP contribution in [0.2, 0.25) is 0 Å². The molecule has 1 N–H and O–H groups in total. The van der Waals surface area contributed by atoms with Crippen molar-refractivity contribution in [2.75, 3.05) is 0 Å². The molecule has 0 radical (unpaired) electrons. The smallest absolute Gasteiger partial charge is 0.0690 e. The third-order valence-corrected chi connectivity index (χ3v) is 4.90. The summed E-state index contributed by atoms with van der Waals surface area (Å²) in [6.45, 7) is 2.24. The second kappa shape index (κ2) is 5.57. The van der Waals surface area contributed by atoms with Crippen molar-refractivity contribution >= 4 is 10.8 Å². The van der Waals surface area contributed by atoms with Crippen LogP contribution in [-0.4, -0.2) is 10.7 Å². The summed E-state index contributed by atoms with van der Waals surface area (Å²) in [7, 11) is 0. The average molecular weight is 268 g/mol. The van der Waals surface area contributed by atoms with Gasteiger partial charge in [0.05, 0.1) is 5.60 Å². The minimum absolute atomic E-state index is 0.497. The molecule has 1 nitrogen and oxygen atoms in total. The molecule has 0 aromatic heterocycles. The number of benzene rings is 2. The normalized spacial score (nSPS) is 26.8. The summed E-state index contributed by atoms with van der Waals surface area (Å²) in [6, 6.07) is 14.9. The van der Waals surface area contributed by atoms with Crippen LogP contribution < -0.4 is 0 Å². The van der Waals surface area contributed by atoms with Crippen LogP contribution in [0.25, 0.3) is 10.8 Å². The van der Waals surface area contributed by atoms with E-state index < -0.39 is 5.60 Å². The molecule has 1 aliphatic rings. The van der Waals surface area contributed by atoms with Crippen molar-refractivity contribution in [1.82, 2.24) is 0 Å². The van der Waals surface area contributed by atoms with Crippen molar-refractivity contribution in [3.63, 3.8) is 0 Å². The van der Waals surface area contributed by atoms with Gasteiger partial charge in [-0.05, 0) is 35.1 Å². The fourth-order valence-corrected chi connectivity index (χ4v) is 3.77. The second-order valence-electron chi connectivity index (χ2n) is 6.41. The largest absolute Gasteiger partial charge is 0.390 e. The molecule has 1 saturated carbocycles. The summed E-state index contributed by atoms with van der Waals surface area (Å²) < 4.78 is 0. The van der Waals surface area contributed by atoms with E-state index in [2.05, 4.69) is 49.4 Å². The Morgan fingerprint density at radius 1 is 1.15 bits per heavy atom. The first kappa shape index (κ1) is 13.6. The molecule has 0 bridgehead atoms. The van der Waals surface area contributed by atoms with E-state index in [-0.39, 0.29) is 0 Å². The minimum Gasteiger partial charge on any atom is -0.390 e. The molecule has 3 rings (SSSR count). The van der Waals surface area contributed by atoms with E-state index >= 15 is 0 Å². The fourth-order valence-electron chi connectivity index (χ4n) is 3.77. The number of hydrogen-bond acceptors (Lipinski definition) is 1. The standard InChI is InChI=1S/C19H24O/c1-2-15-7-6-12-19(20,13-15)14-17-10-5-9-16-8-3-4-11-18(16)17/h3-5,8-11,15,20H,2,6-7,12-14H2,1H3. The van der Waals surface area contributed by atoms with Crippen LogP contribution in [0.1, 0.15) is 44.6 Å². The first-order valence-corrected chi connectivity index (χ1v) is 7.89. The van der Waals surface area contributed by atoms with E-state index in [1.165, 1.54) is 35.6 Å². The molecule has 20 heavy (non-hydrogen) atoms. The van der Waals surface area contributed by atoms with Gasteiger partial charge >= 0.3 is 0 Å². The van der Waals surface area contributed by atoms with Gasteiger partial charge in [-0.15, -0.1) is 0 Å². The van der Waals surface area contributed by atoms with Crippen molar-refractivity contribution in [2.45, 2.75) is 51.0 Å². The second-order valence-corrected chi connectivity index (χ2v) is 6.41. The summed E-state index contributed by atoms with van der Waals surface area (Å²) in [5.74, 6) is 0.698. The first-order valence-electron chi connectivity index (χ1n) is 7.89. The van der Waals surface area contributed by atoms with Crippen LogP contribution in [0, 0.1) is 5.92 Å². The lowest BCUT2D eigenvalue weighted by Crippen LogP contribution is -2.37. The summed E-state index contributed by atoms with van der Waals surface area (Å²) in [6.07, 6.45) is 6.36. The molecule has 2 aromatic carbocycles. The molecular weight excluding hydrogens is 244 g/mol. The molecule has 2 atom stereocenters. The number of aliphatic hydroxyl groups is 1. The van der Waals surface area contributed by atoms with Gasteiger partial charge in [-0.3, -0.25) is 0 Å². The zero-order chi connectivity index (χ0) is 14.0. The molecule has 1 aliphatic carbocycles. The lowest BCUT2D eigenvalue weighted by atomic mass is 9.74. The SMILES string of the molecule is CCC1CCCC(O)(Cc2cccc3ccccc23)C1. The van der Waals surface area contributed by atoms with Crippen LogP contribution in [-0.2, 0) is 6.42 Å². The molecule has 0 amide bonds. The lowest BCUT2D eigenvalue weighted by molar-refractivity contribution is -0.0159. The maximum absolute atomic E-state index is 11.0. The third kappa shape index (κ3) is 2.73. The van der Waals surface area contributed by atoms with E-state index in [4.69, 9.17) is 0 Å². The van der Waals surface area contributed by atoms with Gasteiger partial charge in [0.25, 0.3) is 0 Å². The molecule has 1 heteroatoms. The maximum Gasteiger partial charge on any atom is 0.0690 e. The summed E-state index contributed by atoms with van der Waals surface area (Å²) >= 11 is 0. The van der Waals surface area contributed by atoms with Crippen LogP contribution in [0.15, 0.2) is 42.5 Å². The maximum atomic E-state index is 11.0. The van der Waals surface area contributed by atoms with Gasteiger partial charge < -0.3 is 5.11 Å². The lowest BCUT2D eigenvalue weighted by Gasteiger charge is -2.37. The minimum atomic E-state index is -0.497. The Morgan fingerprint density at radius 2 is 1.95 bits per heavy atom. The average Bonchev–Trinajstić information content (AvgIpc) is 2.47. The van der Waals surface area contributed by atoms with Crippen LogP contribution >= 0.6 is 0 Å². The molecular formula is C19H24O. The highest BCUT2D eigenvalue weighted by molar-refractivity contribution is 5.85. The van der Waals surface area contributed by atoms with Crippen molar-refractivity contribution in [3.05, 3.63) is 48.0 Å². The Morgan fingerprint density at radius 3 is 2.80 bits per heavy atom. The Bertz CT molecular complexity index is 584. The van der Waals surface area contributed by atoms with Crippen molar-refractivity contribution in [2.24, 2.45) is 5.92 Å². The van der Waals surface area contributed by atoms with E-state index in [0.717, 1.165) is 19.3 Å². The first-order chi connectivity index (χ1) is 9.70. The quantitative estimate of drug-likeness (QED) is 0.854. The van der Waals surface area contributed by atoms with Gasteiger partial charge in [0.1, 0.15) is 0 Å². The third-order valence-electron chi connectivity index (χ3n) is 4.90. The monoisotopic (exact) mass is 268 g/mol. The molecule has 0 spiro atoms. The highest BCUT2D eigenvalue weighted by Crippen LogP contribution is 2.37. The predicted octanol–water partition coefficient (Wildman–Crippen LogP) is 4.71.